The molecule has 4 nitrogen and oxygen atoms in total. The predicted molar refractivity (Wildman–Crippen MR) is 69.5 cm³/mol. The molecular weight excluding hydrogens is 288 g/mol. The third-order valence-electron chi connectivity index (χ3n) is 3.69. The molecule has 2 rings (SSSR count). The summed E-state index contributed by atoms with van der Waals surface area (Å²) in [6.45, 7) is 1.34. The minimum atomic E-state index is -4.00. The maximum Gasteiger partial charge on any atom is 0.246 e. The summed E-state index contributed by atoms with van der Waals surface area (Å²) in [5.74, 6) is -2.15. The summed E-state index contributed by atoms with van der Waals surface area (Å²) in [4.78, 5) is -0.566. The lowest BCUT2D eigenvalue weighted by Crippen LogP contribution is -2.35. The average Bonchev–Trinajstić information content (AvgIpc) is 2.88. The largest absolute Gasteiger partial charge is 0.391 e. The first-order valence-electron chi connectivity index (χ1n) is 6.53. The van der Waals surface area contributed by atoms with E-state index in [1.54, 1.807) is 0 Å². The number of rotatable bonds is 4. The van der Waals surface area contributed by atoms with Crippen LogP contribution in [0.1, 0.15) is 31.7 Å². The van der Waals surface area contributed by atoms with Gasteiger partial charge in [0.25, 0.3) is 0 Å². The van der Waals surface area contributed by atoms with Gasteiger partial charge in [-0.25, -0.2) is 17.2 Å². The van der Waals surface area contributed by atoms with Crippen LogP contribution in [0.25, 0.3) is 0 Å². The zero-order chi connectivity index (χ0) is 14.9. The molecule has 0 amide bonds. The molecule has 7 heteroatoms. The van der Waals surface area contributed by atoms with E-state index in [1.807, 2.05) is 6.92 Å². The van der Waals surface area contributed by atoms with Crippen molar-refractivity contribution in [1.29, 1.82) is 0 Å². The molecule has 1 heterocycles. The van der Waals surface area contributed by atoms with Crippen LogP contribution in [0.3, 0.4) is 0 Å². The molecule has 1 fully saturated rings. The number of hydrogen-bond acceptors (Lipinski definition) is 3. The molecule has 20 heavy (non-hydrogen) atoms. The maximum atomic E-state index is 14.1. The van der Waals surface area contributed by atoms with Gasteiger partial charge in [-0.05, 0) is 31.4 Å². The van der Waals surface area contributed by atoms with Crippen molar-refractivity contribution in [3.8, 4) is 0 Å². The standard InChI is InChI=1S/C13H17F2NO3S/c1-2-9-4-3-7-16(9)20(18,19)12-6-5-11(14)10(8-17)13(12)15/h5-6,9,17H,2-4,7-8H2,1H3. The van der Waals surface area contributed by atoms with Gasteiger partial charge in [0.15, 0.2) is 5.82 Å². The molecule has 0 saturated carbocycles. The summed E-state index contributed by atoms with van der Waals surface area (Å²) in [7, 11) is -4.00. The number of hydrogen-bond donors (Lipinski definition) is 1. The first kappa shape index (κ1) is 15.3. The minimum Gasteiger partial charge on any atom is -0.391 e. The highest BCUT2D eigenvalue weighted by molar-refractivity contribution is 7.89. The predicted octanol–water partition coefficient (Wildman–Crippen LogP) is 2.02. The zero-order valence-corrected chi connectivity index (χ0v) is 12.0. The quantitative estimate of drug-likeness (QED) is 0.926. The summed E-state index contributed by atoms with van der Waals surface area (Å²) in [6, 6.07) is 1.64. The second-order valence-electron chi connectivity index (χ2n) is 4.82. The van der Waals surface area contributed by atoms with Crippen LogP contribution in [-0.4, -0.2) is 30.4 Å². The van der Waals surface area contributed by atoms with Crippen molar-refractivity contribution in [3.63, 3.8) is 0 Å². The topological polar surface area (TPSA) is 57.6 Å². The lowest BCUT2D eigenvalue weighted by molar-refractivity contribution is 0.267. The molecule has 0 spiro atoms. The molecule has 1 atom stereocenters. The average molecular weight is 305 g/mol. The fourth-order valence-electron chi connectivity index (χ4n) is 2.58. The molecule has 112 valence electrons. The van der Waals surface area contributed by atoms with Gasteiger partial charge in [0, 0.05) is 12.6 Å². The van der Waals surface area contributed by atoms with Crippen molar-refractivity contribution in [2.45, 2.75) is 43.7 Å². The lowest BCUT2D eigenvalue weighted by atomic mass is 10.2. The third-order valence-corrected chi connectivity index (χ3v) is 5.66. The highest BCUT2D eigenvalue weighted by Gasteiger charge is 2.36. The van der Waals surface area contributed by atoms with Crippen molar-refractivity contribution in [2.75, 3.05) is 6.54 Å². The third kappa shape index (κ3) is 2.45. The minimum absolute atomic E-state index is 0.151. The van der Waals surface area contributed by atoms with E-state index in [4.69, 9.17) is 5.11 Å². The van der Waals surface area contributed by atoms with Crippen molar-refractivity contribution in [1.82, 2.24) is 4.31 Å². The Hall–Kier alpha value is -1.05. The van der Waals surface area contributed by atoms with Crippen molar-refractivity contribution in [2.24, 2.45) is 0 Å². The monoisotopic (exact) mass is 305 g/mol. The molecule has 1 saturated heterocycles. The van der Waals surface area contributed by atoms with E-state index in [2.05, 4.69) is 0 Å². The SMILES string of the molecule is CCC1CCCN1S(=O)(=O)c1ccc(F)c(CO)c1F. The number of nitrogens with zero attached hydrogens (tertiary/aromatic N) is 1. The van der Waals surface area contributed by atoms with Crippen molar-refractivity contribution >= 4 is 10.0 Å². The molecular formula is C13H17F2NO3S. The Balaban J connectivity index is 2.50. The van der Waals surface area contributed by atoms with E-state index in [0.29, 0.717) is 13.0 Å². The summed E-state index contributed by atoms with van der Waals surface area (Å²) in [5.41, 5.74) is -0.613. The van der Waals surface area contributed by atoms with Gasteiger partial charge < -0.3 is 5.11 Å². The second-order valence-corrected chi connectivity index (χ2v) is 6.68. The fourth-order valence-corrected chi connectivity index (χ4v) is 4.44. The molecule has 0 aliphatic carbocycles. The number of aliphatic hydroxyl groups excluding tert-OH is 1. The molecule has 0 radical (unpaired) electrons. The smallest absolute Gasteiger partial charge is 0.246 e. The fraction of sp³-hybridized carbons (Fsp3) is 0.538. The van der Waals surface area contributed by atoms with Crippen molar-refractivity contribution in [3.05, 3.63) is 29.3 Å². The van der Waals surface area contributed by atoms with Crippen LogP contribution >= 0.6 is 0 Å². The van der Waals surface area contributed by atoms with Crippen LogP contribution < -0.4 is 0 Å². The Labute approximate surface area is 117 Å². The maximum absolute atomic E-state index is 14.1. The Bertz CT molecular complexity index is 604. The number of benzene rings is 1. The van der Waals surface area contributed by atoms with Gasteiger partial charge in [-0.2, -0.15) is 4.31 Å². The van der Waals surface area contributed by atoms with Gasteiger partial charge in [-0.1, -0.05) is 6.92 Å². The Morgan fingerprint density at radius 3 is 2.70 bits per heavy atom. The van der Waals surface area contributed by atoms with E-state index in [-0.39, 0.29) is 6.04 Å². The molecule has 1 aliphatic rings. The summed E-state index contributed by atoms with van der Waals surface area (Å²) in [6.07, 6.45) is 2.12. The van der Waals surface area contributed by atoms with Crippen LogP contribution in [0.15, 0.2) is 17.0 Å². The molecule has 0 bridgehead atoms. The van der Waals surface area contributed by atoms with Gasteiger partial charge in [-0.3, -0.25) is 0 Å². The van der Waals surface area contributed by atoms with E-state index in [0.717, 1.165) is 25.0 Å². The molecule has 1 aromatic carbocycles. The molecule has 1 aromatic rings. The first-order valence-corrected chi connectivity index (χ1v) is 7.97. The number of aliphatic hydroxyl groups is 1. The number of halogens is 2. The highest BCUT2D eigenvalue weighted by atomic mass is 32.2. The molecule has 1 N–H and O–H groups in total. The molecule has 0 aromatic heterocycles. The van der Waals surface area contributed by atoms with Gasteiger partial charge in [0.2, 0.25) is 10.0 Å². The summed E-state index contributed by atoms with van der Waals surface area (Å²) in [5, 5.41) is 8.96. The van der Waals surface area contributed by atoms with E-state index >= 15 is 0 Å². The van der Waals surface area contributed by atoms with Gasteiger partial charge in [0.1, 0.15) is 10.7 Å². The molecule has 1 aliphatic heterocycles. The zero-order valence-electron chi connectivity index (χ0n) is 11.1. The van der Waals surface area contributed by atoms with Crippen LogP contribution in [0, 0.1) is 11.6 Å². The lowest BCUT2D eigenvalue weighted by Gasteiger charge is -2.23. The van der Waals surface area contributed by atoms with Crippen LogP contribution in [0.4, 0.5) is 8.78 Å². The highest BCUT2D eigenvalue weighted by Crippen LogP contribution is 2.30. The van der Waals surface area contributed by atoms with Gasteiger partial charge in [-0.15, -0.1) is 0 Å². The Morgan fingerprint density at radius 1 is 1.40 bits per heavy atom. The van der Waals surface area contributed by atoms with Crippen LogP contribution in [-0.2, 0) is 16.6 Å². The summed E-state index contributed by atoms with van der Waals surface area (Å²) < 4.78 is 53.7. The Morgan fingerprint density at radius 2 is 2.10 bits per heavy atom. The second kappa shape index (κ2) is 5.75. The summed E-state index contributed by atoms with van der Waals surface area (Å²) >= 11 is 0. The van der Waals surface area contributed by atoms with E-state index in [9.17, 15) is 17.2 Å². The Kier molecular flexibility index (Phi) is 4.41. The van der Waals surface area contributed by atoms with Crippen LogP contribution in [0.5, 0.6) is 0 Å². The molecule has 1 unspecified atom stereocenters. The first-order chi connectivity index (χ1) is 9.43. The van der Waals surface area contributed by atoms with E-state index in [1.165, 1.54) is 4.31 Å². The van der Waals surface area contributed by atoms with Gasteiger partial charge in [0.05, 0.1) is 12.2 Å². The van der Waals surface area contributed by atoms with Crippen molar-refractivity contribution < 1.29 is 22.3 Å². The van der Waals surface area contributed by atoms with Crippen LogP contribution in [0.2, 0.25) is 0 Å². The number of sulfonamides is 1. The van der Waals surface area contributed by atoms with Gasteiger partial charge >= 0.3 is 0 Å². The normalized spacial score (nSPS) is 20.5. The van der Waals surface area contributed by atoms with E-state index < -0.39 is 38.7 Å².